The smallest absolute Gasteiger partial charge is 0.0540 e. The normalized spacial score (nSPS) is 10.9. The lowest BCUT2D eigenvalue weighted by Crippen LogP contribution is -2.10. The van der Waals surface area contributed by atoms with Gasteiger partial charge in [0.15, 0.2) is 0 Å². The minimum atomic E-state index is 1.15. The Morgan fingerprint density at radius 1 is 0.452 bits per heavy atom. The third kappa shape index (κ3) is 3.83. The molecule has 0 saturated carbocycles. The van der Waals surface area contributed by atoms with Gasteiger partial charge in [0.25, 0.3) is 0 Å². The second-order valence-corrected chi connectivity index (χ2v) is 8.08. The van der Waals surface area contributed by atoms with Gasteiger partial charge in [0, 0.05) is 16.8 Å². The zero-order chi connectivity index (χ0) is 21.2. The van der Waals surface area contributed by atoms with Gasteiger partial charge in [-0.2, -0.15) is 0 Å². The quantitative estimate of drug-likeness (QED) is 0.292. The van der Waals surface area contributed by atoms with Gasteiger partial charge in [-0.1, -0.05) is 96.1 Å². The number of rotatable bonds is 4. The van der Waals surface area contributed by atoms with E-state index < -0.39 is 0 Å². The van der Waals surface area contributed by atoms with E-state index in [9.17, 15) is 0 Å². The van der Waals surface area contributed by atoms with Gasteiger partial charge in [-0.05, 0) is 60.7 Å². The highest BCUT2D eigenvalue weighted by Crippen LogP contribution is 2.39. The van der Waals surface area contributed by atoms with Gasteiger partial charge >= 0.3 is 0 Å². The molecule has 5 rings (SSSR count). The number of benzene rings is 5. The summed E-state index contributed by atoms with van der Waals surface area (Å²) in [6.45, 7) is 4.25. The van der Waals surface area contributed by atoms with E-state index in [1.165, 1.54) is 38.7 Å². The Morgan fingerprint density at radius 3 is 1.58 bits per heavy atom. The molecule has 0 N–H and O–H groups in total. The van der Waals surface area contributed by atoms with Crippen molar-refractivity contribution < 1.29 is 0 Å². The molecular formula is C30H25N. The maximum absolute atomic E-state index is 2.35. The van der Waals surface area contributed by atoms with Crippen molar-refractivity contribution in [1.29, 1.82) is 0 Å². The van der Waals surface area contributed by atoms with Gasteiger partial charge in [0.1, 0.15) is 0 Å². The highest BCUT2D eigenvalue weighted by Gasteiger charge is 2.15. The van der Waals surface area contributed by atoms with Gasteiger partial charge in [0.2, 0.25) is 0 Å². The van der Waals surface area contributed by atoms with Gasteiger partial charge in [-0.25, -0.2) is 0 Å². The average Bonchev–Trinajstić information content (AvgIpc) is 2.82. The fraction of sp³-hybridized carbons (Fsp3) is 0.0667. The van der Waals surface area contributed by atoms with Crippen molar-refractivity contribution in [1.82, 2.24) is 0 Å². The molecule has 0 bridgehead atoms. The van der Waals surface area contributed by atoms with Gasteiger partial charge in [-0.15, -0.1) is 0 Å². The summed E-state index contributed by atoms with van der Waals surface area (Å²) in [5, 5.41) is 2.49. The van der Waals surface area contributed by atoms with E-state index in [2.05, 4.69) is 134 Å². The van der Waals surface area contributed by atoms with E-state index in [1.54, 1.807) is 0 Å². The fourth-order valence-electron chi connectivity index (χ4n) is 4.07. The highest BCUT2D eigenvalue weighted by molar-refractivity contribution is 5.98. The monoisotopic (exact) mass is 399 g/mol. The predicted octanol–water partition coefficient (Wildman–Crippen LogP) is 8.59. The number of nitrogens with zero attached hydrogens (tertiary/aromatic N) is 1. The second kappa shape index (κ2) is 8.12. The van der Waals surface area contributed by atoms with Crippen LogP contribution in [0.4, 0.5) is 17.1 Å². The first-order valence-corrected chi connectivity index (χ1v) is 10.7. The van der Waals surface area contributed by atoms with Crippen molar-refractivity contribution in [3.05, 3.63) is 126 Å². The first-order valence-electron chi connectivity index (χ1n) is 10.7. The molecule has 0 atom stereocenters. The summed E-state index contributed by atoms with van der Waals surface area (Å²) in [4.78, 5) is 2.35. The highest BCUT2D eigenvalue weighted by atomic mass is 15.1. The van der Waals surface area contributed by atoms with E-state index in [1.807, 2.05) is 0 Å². The van der Waals surface area contributed by atoms with E-state index >= 15 is 0 Å². The van der Waals surface area contributed by atoms with Crippen LogP contribution in [-0.2, 0) is 0 Å². The average molecular weight is 400 g/mol. The molecule has 0 fully saturated rings. The SMILES string of the molecule is Cc1ccc(-c2ccc(N(c3ccc(C)cc3)c3cccc4ccccc34)cc2)cc1. The largest absolute Gasteiger partial charge is 0.310 e. The number of anilines is 3. The Morgan fingerprint density at radius 2 is 0.935 bits per heavy atom. The lowest BCUT2D eigenvalue weighted by Gasteiger charge is -2.27. The van der Waals surface area contributed by atoms with Crippen LogP contribution in [0.25, 0.3) is 21.9 Å². The molecule has 31 heavy (non-hydrogen) atoms. The molecule has 0 saturated heterocycles. The van der Waals surface area contributed by atoms with Crippen molar-refractivity contribution in [3.8, 4) is 11.1 Å². The minimum Gasteiger partial charge on any atom is -0.310 e. The van der Waals surface area contributed by atoms with Crippen LogP contribution in [0.3, 0.4) is 0 Å². The molecule has 0 aliphatic carbocycles. The summed E-state index contributed by atoms with van der Waals surface area (Å²) in [7, 11) is 0. The van der Waals surface area contributed by atoms with E-state index in [4.69, 9.17) is 0 Å². The van der Waals surface area contributed by atoms with Crippen molar-refractivity contribution in [3.63, 3.8) is 0 Å². The standard InChI is InChI=1S/C30H25N/c1-22-10-14-24(15-11-22)25-16-20-28(21-17-25)31(27-18-12-23(2)13-19-27)30-9-5-7-26-6-3-4-8-29(26)30/h3-21H,1-2H3. The summed E-state index contributed by atoms with van der Waals surface area (Å²) in [5.74, 6) is 0. The van der Waals surface area contributed by atoms with Gasteiger partial charge < -0.3 is 4.90 Å². The number of aryl methyl sites for hydroxylation is 2. The Labute approximate surface area is 184 Å². The van der Waals surface area contributed by atoms with Crippen LogP contribution in [0.1, 0.15) is 11.1 Å². The van der Waals surface area contributed by atoms with Crippen molar-refractivity contribution in [2.45, 2.75) is 13.8 Å². The molecule has 5 aromatic rings. The number of hydrogen-bond donors (Lipinski definition) is 0. The van der Waals surface area contributed by atoms with Crippen LogP contribution >= 0.6 is 0 Å². The molecule has 0 amide bonds. The van der Waals surface area contributed by atoms with Crippen LogP contribution in [0.15, 0.2) is 115 Å². The summed E-state index contributed by atoms with van der Waals surface area (Å²) in [6.07, 6.45) is 0. The Kier molecular flexibility index (Phi) is 5.01. The Balaban J connectivity index is 1.64. The summed E-state index contributed by atoms with van der Waals surface area (Å²) < 4.78 is 0. The number of hydrogen-bond acceptors (Lipinski definition) is 1. The second-order valence-electron chi connectivity index (χ2n) is 8.08. The predicted molar refractivity (Wildman–Crippen MR) is 134 cm³/mol. The van der Waals surface area contributed by atoms with Gasteiger partial charge in [-0.3, -0.25) is 0 Å². The molecule has 150 valence electrons. The van der Waals surface area contributed by atoms with Crippen LogP contribution in [0, 0.1) is 13.8 Å². The topological polar surface area (TPSA) is 3.24 Å². The molecular weight excluding hydrogens is 374 g/mol. The number of fused-ring (bicyclic) bond motifs is 1. The minimum absolute atomic E-state index is 1.15. The van der Waals surface area contributed by atoms with Crippen LogP contribution in [0.2, 0.25) is 0 Å². The lowest BCUT2D eigenvalue weighted by molar-refractivity contribution is 1.29. The van der Waals surface area contributed by atoms with Crippen molar-refractivity contribution in [2.75, 3.05) is 4.90 Å². The zero-order valence-electron chi connectivity index (χ0n) is 17.9. The third-order valence-electron chi connectivity index (χ3n) is 5.81. The molecule has 0 aromatic heterocycles. The van der Waals surface area contributed by atoms with Crippen LogP contribution < -0.4 is 4.90 Å². The molecule has 0 radical (unpaired) electrons. The molecule has 1 heteroatoms. The molecule has 0 heterocycles. The van der Waals surface area contributed by atoms with E-state index in [0.717, 1.165) is 11.4 Å². The van der Waals surface area contributed by atoms with Crippen LogP contribution in [0.5, 0.6) is 0 Å². The maximum Gasteiger partial charge on any atom is 0.0540 e. The lowest BCUT2D eigenvalue weighted by atomic mass is 10.0. The molecule has 1 nitrogen and oxygen atoms in total. The summed E-state index contributed by atoms with van der Waals surface area (Å²) in [6, 6.07) is 41.4. The molecule has 0 aliphatic heterocycles. The first-order chi connectivity index (χ1) is 15.2. The van der Waals surface area contributed by atoms with E-state index in [-0.39, 0.29) is 0 Å². The maximum atomic E-state index is 2.35. The van der Waals surface area contributed by atoms with Crippen molar-refractivity contribution in [2.24, 2.45) is 0 Å². The Hall–Kier alpha value is -3.84. The first kappa shape index (κ1) is 19.1. The molecule has 0 aliphatic rings. The molecule has 0 unspecified atom stereocenters. The fourth-order valence-corrected chi connectivity index (χ4v) is 4.07. The zero-order valence-corrected chi connectivity index (χ0v) is 17.9. The van der Waals surface area contributed by atoms with Crippen molar-refractivity contribution >= 4 is 27.8 Å². The summed E-state index contributed by atoms with van der Waals surface area (Å²) >= 11 is 0. The van der Waals surface area contributed by atoms with E-state index in [0.29, 0.717) is 0 Å². The van der Waals surface area contributed by atoms with Gasteiger partial charge in [0.05, 0.1) is 5.69 Å². The molecule has 5 aromatic carbocycles. The third-order valence-corrected chi connectivity index (χ3v) is 5.81. The summed E-state index contributed by atoms with van der Waals surface area (Å²) in [5.41, 5.74) is 8.50. The Bertz CT molecular complexity index is 1310. The molecule has 0 spiro atoms. The van der Waals surface area contributed by atoms with Crippen LogP contribution in [-0.4, -0.2) is 0 Å².